The van der Waals surface area contributed by atoms with Crippen molar-refractivity contribution in [2.24, 2.45) is 0 Å². The van der Waals surface area contributed by atoms with Crippen molar-refractivity contribution >= 4 is 17.3 Å². The van der Waals surface area contributed by atoms with Gasteiger partial charge in [0.15, 0.2) is 6.10 Å². The van der Waals surface area contributed by atoms with Gasteiger partial charge in [0.25, 0.3) is 0 Å². The van der Waals surface area contributed by atoms with Gasteiger partial charge in [0.1, 0.15) is 11.5 Å². The fourth-order valence-electron chi connectivity index (χ4n) is 3.14. The Balaban J connectivity index is 0.00000187. The summed E-state index contributed by atoms with van der Waals surface area (Å²) < 4.78 is 45.0. The van der Waals surface area contributed by atoms with Gasteiger partial charge < -0.3 is 14.7 Å². The quantitative estimate of drug-likeness (QED) is 0.360. The molecule has 1 atom stereocenters. The molecule has 1 N–H and O–H groups in total. The number of aliphatic hydroxyl groups excluding tert-OH is 1. The number of nitrogens with zero attached hydrogens (tertiary/aromatic N) is 1. The summed E-state index contributed by atoms with van der Waals surface area (Å²) in [7, 11) is 0. The summed E-state index contributed by atoms with van der Waals surface area (Å²) in [6.07, 6.45) is -6.43. The number of alkyl halides is 3. The van der Waals surface area contributed by atoms with Crippen molar-refractivity contribution in [1.29, 1.82) is 0 Å². The molecule has 178 valence electrons. The van der Waals surface area contributed by atoms with E-state index in [0.717, 1.165) is 17.5 Å². The Hall–Kier alpha value is -2.70. The summed E-state index contributed by atoms with van der Waals surface area (Å²) in [5, 5.41) is 10.3. The molecule has 0 radical (unpaired) electrons. The van der Waals surface area contributed by atoms with Crippen LogP contribution < -0.4 is 9.64 Å². The minimum atomic E-state index is -4.71. The summed E-state index contributed by atoms with van der Waals surface area (Å²) in [5.74, 6) is 1.06. The topological polar surface area (TPSA) is 32.7 Å². The van der Waals surface area contributed by atoms with Gasteiger partial charge in [-0.15, -0.1) is 0 Å². The molecule has 0 aliphatic heterocycles. The molecular formula is C26H29ClF3NO2. The molecular weight excluding hydrogens is 451 g/mol. The second kappa shape index (κ2) is 12.5. The SMILES string of the molecule is CC.CCc1cc(Oc2cccc(N(Cc3ccccc3)C[C@@H](O)C(F)(F)F)c2)ccc1Cl. The van der Waals surface area contributed by atoms with Crippen LogP contribution in [0.5, 0.6) is 11.5 Å². The van der Waals surface area contributed by atoms with Crippen molar-refractivity contribution in [1.82, 2.24) is 0 Å². The number of aryl methyl sites for hydroxylation is 1. The standard InChI is InChI=1S/C24H23ClF3NO2.C2H6/c1-2-18-13-21(11-12-22(18)25)31-20-10-6-9-19(14-20)29(16-23(30)24(26,27)28)15-17-7-4-3-5-8-17;1-2/h3-14,23,30H,2,15-16H2,1H3;1-2H3/t23-;/m1./s1. The summed E-state index contributed by atoms with van der Waals surface area (Å²) >= 11 is 6.15. The smallest absolute Gasteiger partial charge is 0.416 e. The minimum Gasteiger partial charge on any atom is -0.457 e. The molecule has 0 spiro atoms. The largest absolute Gasteiger partial charge is 0.457 e. The molecule has 0 aromatic heterocycles. The summed E-state index contributed by atoms with van der Waals surface area (Å²) in [6, 6.07) is 21.2. The predicted octanol–water partition coefficient (Wildman–Crippen LogP) is 7.65. The molecule has 0 bridgehead atoms. The highest BCUT2D eigenvalue weighted by atomic mass is 35.5. The average Bonchev–Trinajstić information content (AvgIpc) is 2.81. The Labute approximate surface area is 198 Å². The zero-order valence-electron chi connectivity index (χ0n) is 18.9. The van der Waals surface area contributed by atoms with E-state index < -0.39 is 18.8 Å². The van der Waals surface area contributed by atoms with Gasteiger partial charge in [0.05, 0.1) is 6.54 Å². The van der Waals surface area contributed by atoms with Gasteiger partial charge in [0, 0.05) is 23.3 Å². The highest BCUT2D eigenvalue weighted by Gasteiger charge is 2.39. The van der Waals surface area contributed by atoms with Crippen molar-refractivity contribution in [2.75, 3.05) is 11.4 Å². The first-order valence-corrected chi connectivity index (χ1v) is 11.2. The zero-order valence-corrected chi connectivity index (χ0v) is 19.7. The second-order valence-corrected chi connectivity index (χ2v) is 7.54. The van der Waals surface area contributed by atoms with Crippen molar-refractivity contribution in [2.45, 2.75) is 46.0 Å². The van der Waals surface area contributed by atoms with Gasteiger partial charge in [-0.3, -0.25) is 0 Å². The van der Waals surface area contributed by atoms with Gasteiger partial charge in [-0.1, -0.05) is 68.8 Å². The Morgan fingerprint density at radius 3 is 2.24 bits per heavy atom. The number of aliphatic hydroxyl groups is 1. The fourth-order valence-corrected chi connectivity index (χ4v) is 3.39. The summed E-state index contributed by atoms with van der Waals surface area (Å²) in [4.78, 5) is 1.49. The van der Waals surface area contributed by atoms with Crippen LogP contribution in [0.3, 0.4) is 0 Å². The van der Waals surface area contributed by atoms with E-state index >= 15 is 0 Å². The maximum Gasteiger partial charge on any atom is 0.416 e. The summed E-state index contributed by atoms with van der Waals surface area (Å²) in [5.41, 5.74) is 2.28. The Morgan fingerprint density at radius 1 is 0.939 bits per heavy atom. The number of rotatable bonds is 8. The lowest BCUT2D eigenvalue weighted by Gasteiger charge is -2.28. The highest BCUT2D eigenvalue weighted by molar-refractivity contribution is 6.31. The van der Waals surface area contributed by atoms with E-state index in [2.05, 4.69) is 0 Å². The van der Waals surface area contributed by atoms with Gasteiger partial charge >= 0.3 is 6.18 Å². The molecule has 0 heterocycles. The number of halogens is 4. The molecule has 3 nitrogen and oxygen atoms in total. The molecule has 0 aliphatic carbocycles. The number of anilines is 1. The first kappa shape index (κ1) is 26.6. The maximum atomic E-state index is 13.0. The molecule has 3 aromatic rings. The van der Waals surface area contributed by atoms with E-state index in [1.807, 2.05) is 57.2 Å². The molecule has 0 amide bonds. The Morgan fingerprint density at radius 2 is 1.61 bits per heavy atom. The van der Waals surface area contributed by atoms with E-state index in [1.165, 1.54) is 4.90 Å². The van der Waals surface area contributed by atoms with Gasteiger partial charge in [-0.25, -0.2) is 0 Å². The van der Waals surface area contributed by atoms with Crippen molar-refractivity contribution < 1.29 is 23.0 Å². The monoisotopic (exact) mass is 479 g/mol. The first-order chi connectivity index (χ1) is 15.8. The molecule has 0 saturated heterocycles. The van der Waals surface area contributed by atoms with Crippen LogP contribution in [0.2, 0.25) is 5.02 Å². The predicted molar refractivity (Wildman–Crippen MR) is 128 cm³/mol. The third kappa shape index (κ3) is 7.98. The van der Waals surface area contributed by atoms with Gasteiger partial charge in [-0.05, 0) is 47.9 Å². The highest BCUT2D eigenvalue weighted by Crippen LogP contribution is 2.31. The minimum absolute atomic E-state index is 0.207. The normalized spacial score (nSPS) is 11.9. The summed E-state index contributed by atoms with van der Waals surface area (Å²) in [6.45, 7) is 5.60. The van der Waals surface area contributed by atoms with E-state index in [4.69, 9.17) is 16.3 Å². The third-order valence-corrected chi connectivity index (χ3v) is 5.17. The zero-order chi connectivity index (χ0) is 24.4. The molecule has 7 heteroatoms. The van der Waals surface area contributed by atoms with Crippen molar-refractivity contribution in [3.63, 3.8) is 0 Å². The van der Waals surface area contributed by atoms with E-state index in [9.17, 15) is 18.3 Å². The number of hydrogen-bond acceptors (Lipinski definition) is 3. The Bertz CT molecular complexity index is 996. The number of ether oxygens (including phenoxy) is 1. The van der Waals surface area contributed by atoms with E-state index in [0.29, 0.717) is 22.2 Å². The van der Waals surface area contributed by atoms with E-state index in [-0.39, 0.29) is 6.54 Å². The van der Waals surface area contributed by atoms with Crippen molar-refractivity contribution in [3.8, 4) is 11.5 Å². The fraction of sp³-hybridized carbons (Fsp3) is 0.308. The van der Waals surface area contributed by atoms with Crippen LogP contribution in [0.25, 0.3) is 0 Å². The Kier molecular flexibility index (Phi) is 10.1. The molecule has 0 unspecified atom stereocenters. The lowest BCUT2D eigenvalue weighted by molar-refractivity contribution is -0.200. The van der Waals surface area contributed by atoms with Crippen molar-refractivity contribution in [3.05, 3.63) is 88.9 Å². The van der Waals surface area contributed by atoms with Crippen LogP contribution in [-0.2, 0) is 13.0 Å². The van der Waals surface area contributed by atoms with Crippen LogP contribution in [0.1, 0.15) is 31.9 Å². The van der Waals surface area contributed by atoms with Gasteiger partial charge in [0.2, 0.25) is 0 Å². The molecule has 33 heavy (non-hydrogen) atoms. The van der Waals surface area contributed by atoms with Crippen LogP contribution in [-0.4, -0.2) is 23.9 Å². The van der Waals surface area contributed by atoms with Crippen LogP contribution in [0.15, 0.2) is 72.8 Å². The lowest BCUT2D eigenvalue weighted by atomic mass is 10.1. The number of hydrogen-bond donors (Lipinski definition) is 1. The molecule has 0 aliphatic rings. The second-order valence-electron chi connectivity index (χ2n) is 7.13. The first-order valence-electron chi connectivity index (χ1n) is 10.9. The van der Waals surface area contributed by atoms with E-state index in [1.54, 1.807) is 36.4 Å². The van der Waals surface area contributed by atoms with Crippen LogP contribution in [0, 0.1) is 0 Å². The molecule has 3 aromatic carbocycles. The molecule has 0 saturated carbocycles. The maximum absolute atomic E-state index is 13.0. The lowest BCUT2D eigenvalue weighted by Crippen LogP contribution is -2.40. The van der Waals surface area contributed by atoms with Crippen LogP contribution >= 0.6 is 11.6 Å². The van der Waals surface area contributed by atoms with Crippen LogP contribution in [0.4, 0.5) is 18.9 Å². The third-order valence-electron chi connectivity index (χ3n) is 4.80. The molecule has 3 rings (SSSR count). The van der Waals surface area contributed by atoms with Gasteiger partial charge in [-0.2, -0.15) is 13.2 Å². The number of benzene rings is 3. The average molecular weight is 480 g/mol. The molecule has 0 fully saturated rings.